The van der Waals surface area contributed by atoms with E-state index in [2.05, 4.69) is 20.4 Å². The number of alkyl halides is 2. The molecule has 0 radical (unpaired) electrons. The Morgan fingerprint density at radius 3 is 2.53 bits per heavy atom. The summed E-state index contributed by atoms with van der Waals surface area (Å²) in [5.41, 5.74) is 0.224. The molecule has 3 atom stereocenters. The fourth-order valence-electron chi connectivity index (χ4n) is 5.85. The van der Waals surface area contributed by atoms with Gasteiger partial charge in [0.25, 0.3) is 6.43 Å². The summed E-state index contributed by atoms with van der Waals surface area (Å²) in [5.74, 6) is 1.85. The van der Waals surface area contributed by atoms with Crippen LogP contribution in [-0.4, -0.2) is 61.1 Å². The van der Waals surface area contributed by atoms with Gasteiger partial charge in [-0.3, -0.25) is 0 Å². The highest BCUT2D eigenvalue weighted by molar-refractivity contribution is 5.68. The van der Waals surface area contributed by atoms with Gasteiger partial charge in [0.05, 0.1) is 18.4 Å². The normalized spacial score (nSPS) is 25.6. The van der Waals surface area contributed by atoms with E-state index in [4.69, 9.17) is 9.47 Å². The highest BCUT2D eigenvalue weighted by Crippen LogP contribution is 2.41. The summed E-state index contributed by atoms with van der Waals surface area (Å²) in [5, 5.41) is 11.5. The van der Waals surface area contributed by atoms with Crippen molar-refractivity contribution in [3.63, 3.8) is 0 Å². The van der Waals surface area contributed by atoms with E-state index in [1.165, 1.54) is 31.4 Å². The highest BCUT2D eigenvalue weighted by Gasteiger charge is 2.41. The Morgan fingerprint density at radius 1 is 1.12 bits per heavy atom. The third-order valence-electron chi connectivity index (χ3n) is 7.52. The molecule has 3 aliphatic rings. The summed E-state index contributed by atoms with van der Waals surface area (Å²) in [7, 11) is 1.44. The minimum absolute atomic E-state index is 0.0987. The van der Waals surface area contributed by atoms with Crippen LogP contribution in [0.4, 0.5) is 19.0 Å². The van der Waals surface area contributed by atoms with E-state index in [-0.39, 0.29) is 23.1 Å². The standard InChI is InChI=1S/C25H31F3N4O2/c1-33-23-3-2-18(26)10-20(23)22-11-21(24(27)28)25(31-30-22)29-19-8-16-13-32(14-17(16)9-19)12-15-4-6-34-7-5-15/h2-3,10-11,15-17,19,24H,4-9,12-14H2,1H3,(H,29,31)/t16-,17+,19+. The van der Waals surface area contributed by atoms with Crippen LogP contribution in [0, 0.1) is 23.6 Å². The third kappa shape index (κ3) is 5.00. The predicted octanol–water partition coefficient (Wildman–Crippen LogP) is 4.78. The van der Waals surface area contributed by atoms with Gasteiger partial charge in [-0.2, -0.15) is 0 Å². The summed E-state index contributed by atoms with van der Waals surface area (Å²) in [6, 6.07) is 5.30. The van der Waals surface area contributed by atoms with Gasteiger partial charge in [-0.1, -0.05) is 0 Å². The molecule has 3 fully saturated rings. The van der Waals surface area contributed by atoms with Crippen LogP contribution in [0.5, 0.6) is 5.75 Å². The molecule has 5 rings (SSSR count). The summed E-state index contributed by atoms with van der Waals surface area (Å²) in [4.78, 5) is 2.58. The average Bonchev–Trinajstić information content (AvgIpc) is 3.37. The molecule has 2 saturated heterocycles. The molecule has 184 valence electrons. The van der Waals surface area contributed by atoms with Gasteiger partial charge >= 0.3 is 0 Å². The van der Waals surface area contributed by atoms with Crippen molar-refractivity contribution in [2.75, 3.05) is 45.3 Å². The number of aromatic nitrogens is 2. The predicted molar refractivity (Wildman–Crippen MR) is 123 cm³/mol. The fraction of sp³-hybridized carbons (Fsp3) is 0.600. The number of ether oxygens (including phenoxy) is 2. The van der Waals surface area contributed by atoms with Gasteiger partial charge in [-0.05, 0) is 67.7 Å². The first kappa shape index (κ1) is 23.4. The lowest BCUT2D eigenvalue weighted by Gasteiger charge is -2.28. The van der Waals surface area contributed by atoms with Crippen LogP contribution in [-0.2, 0) is 4.74 Å². The molecule has 1 saturated carbocycles. The maximum atomic E-state index is 13.9. The zero-order valence-electron chi connectivity index (χ0n) is 19.4. The van der Waals surface area contributed by atoms with E-state index >= 15 is 0 Å². The molecule has 9 heteroatoms. The van der Waals surface area contributed by atoms with E-state index in [9.17, 15) is 13.2 Å². The number of methoxy groups -OCH3 is 1. The second-order valence-corrected chi connectivity index (χ2v) is 9.79. The first-order valence-corrected chi connectivity index (χ1v) is 12.1. The van der Waals surface area contributed by atoms with Gasteiger partial charge in [0.15, 0.2) is 5.82 Å². The van der Waals surface area contributed by atoms with Crippen LogP contribution in [0.15, 0.2) is 24.3 Å². The topological polar surface area (TPSA) is 59.5 Å². The largest absolute Gasteiger partial charge is 0.496 e. The number of hydrogen-bond donors (Lipinski definition) is 1. The lowest BCUT2D eigenvalue weighted by molar-refractivity contribution is 0.0545. The molecule has 0 spiro atoms. The number of likely N-dealkylation sites (tertiary alicyclic amines) is 1. The molecule has 2 aliphatic heterocycles. The molecular formula is C25H31F3N4O2. The van der Waals surface area contributed by atoms with Crippen molar-refractivity contribution in [1.29, 1.82) is 0 Å². The van der Waals surface area contributed by atoms with Gasteiger partial charge in [0.1, 0.15) is 11.6 Å². The maximum absolute atomic E-state index is 13.9. The molecule has 1 aromatic heterocycles. The van der Waals surface area contributed by atoms with Gasteiger partial charge < -0.3 is 19.7 Å². The monoisotopic (exact) mass is 476 g/mol. The van der Waals surface area contributed by atoms with E-state index in [1.807, 2.05) is 0 Å². The summed E-state index contributed by atoms with van der Waals surface area (Å²) in [6.07, 6.45) is 1.44. The fourth-order valence-corrected chi connectivity index (χ4v) is 5.85. The zero-order valence-corrected chi connectivity index (χ0v) is 19.4. The Kier molecular flexibility index (Phi) is 6.92. The lowest BCUT2D eigenvalue weighted by Crippen LogP contribution is -2.32. The average molecular weight is 477 g/mol. The van der Waals surface area contributed by atoms with Gasteiger partial charge in [-0.25, -0.2) is 13.2 Å². The number of hydrogen-bond acceptors (Lipinski definition) is 6. The molecule has 1 aliphatic carbocycles. The second kappa shape index (κ2) is 10.1. The number of fused-ring (bicyclic) bond motifs is 1. The molecule has 34 heavy (non-hydrogen) atoms. The zero-order chi connectivity index (χ0) is 23.7. The number of halogens is 3. The van der Waals surface area contributed by atoms with Crippen molar-refractivity contribution in [1.82, 2.24) is 15.1 Å². The molecule has 3 heterocycles. The Labute approximate surface area is 197 Å². The molecule has 1 N–H and O–H groups in total. The summed E-state index contributed by atoms with van der Waals surface area (Å²) in [6.45, 7) is 5.03. The SMILES string of the molecule is COc1ccc(F)cc1-c1cc(C(F)F)c(N[C@H]2C[C@@H]3CN(CC4CCOCC4)C[C@@H]3C2)nn1. The number of nitrogens with zero attached hydrogens (tertiary/aromatic N) is 3. The smallest absolute Gasteiger partial charge is 0.267 e. The number of nitrogens with one attached hydrogen (secondary N) is 1. The van der Waals surface area contributed by atoms with Crippen molar-refractivity contribution in [3.8, 4) is 17.0 Å². The van der Waals surface area contributed by atoms with Gasteiger partial charge in [0, 0.05) is 44.5 Å². The number of rotatable bonds is 7. The van der Waals surface area contributed by atoms with Gasteiger partial charge in [-0.15, -0.1) is 10.2 Å². The molecule has 2 aromatic rings. The van der Waals surface area contributed by atoms with E-state index in [1.54, 1.807) is 0 Å². The van der Waals surface area contributed by atoms with Crippen LogP contribution in [0.25, 0.3) is 11.3 Å². The molecule has 6 nitrogen and oxygen atoms in total. The van der Waals surface area contributed by atoms with E-state index < -0.39 is 12.2 Å². The molecule has 0 amide bonds. The van der Waals surface area contributed by atoms with Crippen LogP contribution in [0.3, 0.4) is 0 Å². The van der Waals surface area contributed by atoms with E-state index in [0.29, 0.717) is 23.1 Å². The summed E-state index contributed by atoms with van der Waals surface area (Å²) < 4.78 is 52.4. The van der Waals surface area contributed by atoms with Crippen molar-refractivity contribution in [3.05, 3.63) is 35.6 Å². The van der Waals surface area contributed by atoms with Gasteiger partial charge in [0.2, 0.25) is 0 Å². The van der Waals surface area contributed by atoms with E-state index in [0.717, 1.165) is 64.4 Å². The second-order valence-electron chi connectivity index (χ2n) is 9.79. The van der Waals surface area contributed by atoms with Crippen LogP contribution in [0.1, 0.15) is 37.7 Å². The van der Waals surface area contributed by atoms with Crippen molar-refractivity contribution in [2.45, 2.75) is 38.2 Å². The Morgan fingerprint density at radius 2 is 1.85 bits per heavy atom. The molecular weight excluding hydrogens is 445 g/mol. The summed E-state index contributed by atoms with van der Waals surface area (Å²) >= 11 is 0. The molecule has 1 aromatic carbocycles. The van der Waals surface area contributed by atoms with Crippen molar-refractivity contribution >= 4 is 5.82 Å². The Balaban J connectivity index is 1.25. The lowest BCUT2D eigenvalue weighted by atomic mass is 10.00. The molecule has 0 unspecified atom stereocenters. The molecule has 0 bridgehead atoms. The van der Waals surface area contributed by atoms with Crippen LogP contribution in [0.2, 0.25) is 0 Å². The minimum atomic E-state index is -2.73. The van der Waals surface area contributed by atoms with Crippen molar-refractivity contribution in [2.24, 2.45) is 17.8 Å². The Hall–Kier alpha value is -2.39. The van der Waals surface area contributed by atoms with Crippen LogP contribution < -0.4 is 10.1 Å². The Bertz CT molecular complexity index is 988. The van der Waals surface area contributed by atoms with Crippen LogP contribution >= 0.6 is 0 Å². The first-order valence-electron chi connectivity index (χ1n) is 12.1. The van der Waals surface area contributed by atoms with Crippen molar-refractivity contribution < 1.29 is 22.6 Å². The minimum Gasteiger partial charge on any atom is -0.496 e. The number of anilines is 1. The first-order chi connectivity index (χ1) is 16.5. The quantitative estimate of drug-likeness (QED) is 0.621. The maximum Gasteiger partial charge on any atom is 0.267 e. The number of benzene rings is 1. The third-order valence-corrected chi connectivity index (χ3v) is 7.52. The highest BCUT2D eigenvalue weighted by atomic mass is 19.3.